The summed E-state index contributed by atoms with van der Waals surface area (Å²) in [4.78, 5) is 4.01. The summed E-state index contributed by atoms with van der Waals surface area (Å²) in [6.07, 6.45) is 1.90. The SMILES string of the molecule is C=CC1CN=C(C)O1. The van der Waals surface area contributed by atoms with Crippen LogP contribution in [0.3, 0.4) is 0 Å². The summed E-state index contributed by atoms with van der Waals surface area (Å²) in [7, 11) is 0. The van der Waals surface area contributed by atoms with Crippen LogP contribution >= 0.6 is 0 Å². The molecule has 1 unspecified atom stereocenters. The minimum absolute atomic E-state index is 0.134. The molecule has 0 N–H and O–H groups in total. The molecule has 1 heterocycles. The predicted molar refractivity (Wildman–Crippen MR) is 33.0 cm³/mol. The largest absolute Gasteiger partial charge is 0.472 e. The average molecular weight is 111 g/mol. The molecule has 0 aliphatic carbocycles. The van der Waals surface area contributed by atoms with E-state index in [-0.39, 0.29) is 6.10 Å². The van der Waals surface area contributed by atoms with E-state index in [1.54, 1.807) is 6.08 Å². The number of hydrogen-bond donors (Lipinski definition) is 0. The van der Waals surface area contributed by atoms with Crippen LogP contribution in [0.1, 0.15) is 6.92 Å². The second-order valence-electron chi connectivity index (χ2n) is 1.75. The summed E-state index contributed by atoms with van der Waals surface area (Å²) in [6, 6.07) is 0. The first-order valence-corrected chi connectivity index (χ1v) is 2.63. The molecular formula is C6H9NO. The van der Waals surface area contributed by atoms with Crippen LogP contribution in [0.5, 0.6) is 0 Å². The molecule has 1 aliphatic heterocycles. The van der Waals surface area contributed by atoms with Gasteiger partial charge in [-0.15, -0.1) is 0 Å². The van der Waals surface area contributed by atoms with E-state index in [0.717, 1.165) is 12.4 Å². The number of aliphatic imine (C=N–C) groups is 1. The Balaban J connectivity index is 2.43. The van der Waals surface area contributed by atoms with Crippen molar-refractivity contribution in [1.82, 2.24) is 0 Å². The van der Waals surface area contributed by atoms with Crippen molar-refractivity contribution in [3.05, 3.63) is 12.7 Å². The van der Waals surface area contributed by atoms with Crippen molar-refractivity contribution >= 4 is 5.90 Å². The zero-order chi connectivity index (χ0) is 5.98. The third kappa shape index (κ3) is 0.886. The van der Waals surface area contributed by atoms with Gasteiger partial charge in [0.05, 0.1) is 6.54 Å². The van der Waals surface area contributed by atoms with Gasteiger partial charge in [-0.1, -0.05) is 6.58 Å². The first-order chi connectivity index (χ1) is 3.83. The monoisotopic (exact) mass is 111 g/mol. The van der Waals surface area contributed by atoms with Crippen LogP contribution in [0.25, 0.3) is 0 Å². The lowest BCUT2D eigenvalue weighted by atomic mass is 10.4. The quantitative estimate of drug-likeness (QED) is 0.462. The van der Waals surface area contributed by atoms with Gasteiger partial charge in [-0.25, -0.2) is 0 Å². The first kappa shape index (κ1) is 5.35. The van der Waals surface area contributed by atoms with Crippen molar-refractivity contribution in [1.29, 1.82) is 0 Å². The topological polar surface area (TPSA) is 21.6 Å². The molecule has 1 aliphatic rings. The van der Waals surface area contributed by atoms with Gasteiger partial charge in [-0.05, 0) is 6.08 Å². The third-order valence-electron chi connectivity index (χ3n) is 1.08. The van der Waals surface area contributed by atoms with Gasteiger partial charge >= 0.3 is 0 Å². The molecule has 8 heavy (non-hydrogen) atoms. The average Bonchev–Trinajstić information content (AvgIpc) is 2.14. The van der Waals surface area contributed by atoms with Crippen molar-refractivity contribution < 1.29 is 4.74 Å². The van der Waals surface area contributed by atoms with Gasteiger partial charge in [0.25, 0.3) is 0 Å². The highest BCUT2D eigenvalue weighted by Gasteiger charge is 2.10. The van der Waals surface area contributed by atoms with Gasteiger partial charge in [0.15, 0.2) is 5.90 Å². The summed E-state index contributed by atoms with van der Waals surface area (Å²) < 4.78 is 5.14. The van der Waals surface area contributed by atoms with Gasteiger partial charge in [0, 0.05) is 6.92 Å². The van der Waals surface area contributed by atoms with Gasteiger partial charge < -0.3 is 4.74 Å². The van der Waals surface area contributed by atoms with Crippen molar-refractivity contribution in [3.8, 4) is 0 Å². The van der Waals surface area contributed by atoms with E-state index >= 15 is 0 Å². The number of rotatable bonds is 1. The molecular weight excluding hydrogens is 102 g/mol. The van der Waals surface area contributed by atoms with E-state index in [0.29, 0.717) is 0 Å². The molecule has 0 saturated carbocycles. The molecule has 0 saturated heterocycles. The van der Waals surface area contributed by atoms with Crippen LogP contribution < -0.4 is 0 Å². The van der Waals surface area contributed by atoms with Crippen molar-refractivity contribution in [2.24, 2.45) is 4.99 Å². The van der Waals surface area contributed by atoms with Gasteiger partial charge in [0.2, 0.25) is 0 Å². The van der Waals surface area contributed by atoms with Gasteiger partial charge in [-0.2, -0.15) is 0 Å². The minimum Gasteiger partial charge on any atom is -0.472 e. The van der Waals surface area contributed by atoms with Gasteiger partial charge in [0.1, 0.15) is 6.10 Å². The molecule has 0 spiro atoms. The van der Waals surface area contributed by atoms with E-state index < -0.39 is 0 Å². The lowest BCUT2D eigenvalue weighted by Gasteiger charge is -2.00. The number of nitrogens with zero attached hydrogens (tertiary/aromatic N) is 1. The second kappa shape index (κ2) is 1.99. The Kier molecular flexibility index (Phi) is 1.33. The number of hydrogen-bond acceptors (Lipinski definition) is 2. The Hall–Kier alpha value is -0.790. The highest BCUT2D eigenvalue weighted by atomic mass is 16.5. The lowest BCUT2D eigenvalue weighted by Crippen LogP contribution is -2.06. The fourth-order valence-electron chi connectivity index (χ4n) is 0.635. The Labute approximate surface area is 48.9 Å². The maximum Gasteiger partial charge on any atom is 0.180 e. The summed E-state index contributed by atoms with van der Waals surface area (Å²) >= 11 is 0. The van der Waals surface area contributed by atoms with Crippen LogP contribution in [-0.4, -0.2) is 18.5 Å². The summed E-state index contributed by atoms with van der Waals surface area (Å²) in [5, 5.41) is 0. The standard InChI is InChI=1S/C6H9NO/c1-3-6-4-7-5(2)8-6/h3,6H,1,4H2,2H3. The van der Waals surface area contributed by atoms with Crippen molar-refractivity contribution in [3.63, 3.8) is 0 Å². The van der Waals surface area contributed by atoms with E-state index in [9.17, 15) is 0 Å². The Morgan fingerprint density at radius 1 is 2.00 bits per heavy atom. The molecule has 0 fully saturated rings. The van der Waals surface area contributed by atoms with Crippen LogP contribution in [0.2, 0.25) is 0 Å². The summed E-state index contributed by atoms with van der Waals surface area (Å²) in [5.41, 5.74) is 0. The van der Waals surface area contributed by atoms with Crippen LogP contribution in [-0.2, 0) is 4.74 Å². The third-order valence-corrected chi connectivity index (χ3v) is 1.08. The molecule has 1 rings (SSSR count). The highest BCUT2D eigenvalue weighted by Crippen LogP contribution is 2.03. The molecule has 2 nitrogen and oxygen atoms in total. The maximum absolute atomic E-state index is 5.14. The Morgan fingerprint density at radius 3 is 3.00 bits per heavy atom. The zero-order valence-corrected chi connectivity index (χ0v) is 4.92. The van der Waals surface area contributed by atoms with Crippen LogP contribution in [0, 0.1) is 0 Å². The number of ether oxygens (including phenoxy) is 1. The molecule has 1 atom stereocenters. The fraction of sp³-hybridized carbons (Fsp3) is 0.500. The Morgan fingerprint density at radius 2 is 2.75 bits per heavy atom. The fourth-order valence-corrected chi connectivity index (χ4v) is 0.635. The second-order valence-corrected chi connectivity index (χ2v) is 1.75. The molecule has 0 aromatic heterocycles. The van der Waals surface area contributed by atoms with Crippen LogP contribution in [0.4, 0.5) is 0 Å². The van der Waals surface area contributed by atoms with E-state index in [1.807, 2.05) is 6.92 Å². The summed E-state index contributed by atoms with van der Waals surface area (Å²) in [6.45, 7) is 6.17. The molecule has 2 heteroatoms. The molecule has 44 valence electrons. The predicted octanol–water partition coefficient (Wildman–Crippen LogP) is 0.990. The molecule has 0 radical (unpaired) electrons. The maximum atomic E-state index is 5.14. The molecule has 0 amide bonds. The smallest absolute Gasteiger partial charge is 0.180 e. The lowest BCUT2D eigenvalue weighted by molar-refractivity contribution is 0.272. The zero-order valence-electron chi connectivity index (χ0n) is 4.92. The van der Waals surface area contributed by atoms with Crippen LogP contribution in [0.15, 0.2) is 17.6 Å². The highest BCUT2D eigenvalue weighted by molar-refractivity contribution is 5.74. The van der Waals surface area contributed by atoms with Gasteiger partial charge in [-0.3, -0.25) is 4.99 Å². The minimum atomic E-state index is 0.134. The van der Waals surface area contributed by atoms with E-state index in [2.05, 4.69) is 11.6 Å². The Bertz CT molecular complexity index is 128. The normalized spacial score (nSPS) is 26.6. The first-order valence-electron chi connectivity index (χ1n) is 2.63. The molecule has 0 aromatic rings. The summed E-state index contributed by atoms with van der Waals surface area (Å²) in [5.74, 6) is 0.773. The molecule has 0 bridgehead atoms. The van der Waals surface area contributed by atoms with E-state index in [1.165, 1.54) is 0 Å². The molecule has 0 aromatic carbocycles. The van der Waals surface area contributed by atoms with Crippen molar-refractivity contribution in [2.75, 3.05) is 6.54 Å². The van der Waals surface area contributed by atoms with E-state index in [4.69, 9.17) is 4.74 Å². The van der Waals surface area contributed by atoms with Crippen molar-refractivity contribution in [2.45, 2.75) is 13.0 Å².